The van der Waals surface area contributed by atoms with Crippen molar-refractivity contribution in [1.29, 1.82) is 0 Å². The van der Waals surface area contributed by atoms with E-state index in [2.05, 4.69) is 20.8 Å². The van der Waals surface area contributed by atoms with Crippen LogP contribution in [0.2, 0.25) is 0 Å². The van der Waals surface area contributed by atoms with Crippen molar-refractivity contribution in [2.45, 2.75) is 37.3 Å². The van der Waals surface area contributed by atoms with E-state index in [0.717, 1.165) is 12.8 Å². The lowest BCUT2D eigenvalue weighted by Gasteiger charge is -2.09. The van der Waals surface area contributed by atoms with Crippen LogP contribution in [0, 0.1) is 6.92 Å². The number of rotatable bonds is 9. The van der Waals surface area contributed by atoms with Gasteiger partial charge >= 0.3 is 12.0 Å². The molecule has 0 atom stereocenters. The lowest BCUT2D eigenvalue weighted by molar-refractivity contribution is -0.123. The Morgan fingerprint density at radius 3 is 2.75 bits per heavy atom. The van der Waals surface area contributed by atoms with Crippen LogP contribution in [0.4, 0.5) is 4.79 Å². The number of hydrogen-bond donors (Lipinski definition) is 2. The standard InChI is InChI=1S/C18H22N4O5S/c1-3-4-9-19-18(25)21-15(23)10-26-17(24)13-7-5-6-8-14(13)28-11-16-20-12(2)22-27-16/h5-8H,3-4,9-11H2,1-2H3,(H2,19,21,23,25). The molecular weight excluding hydrogens is 384 g/mol. The molecule has 0 aliphatic heterocycles. The molecule has 0 aliphatic rings. The first-order valence-electron chi connectivity index (χ1n) is 8.75. The van der Waals surface area contributed by atoms with Crippen molar-refractivity contribution in [3.63, 3.8) is 0 Å². The molecule has 1 aromatic carbocycles. The van der Waals surface area contributed by atoms with Crippen molar-refractivity contribution >= 4 is 29.7 Å². The minimum Gasteiger partial charge on any atom is -0.452 e. The maximum absolute atomic E-state index is 12.3. The van der Waals surface area contributed by atoms with Crippen LogP contribution in [0.15, 0.2) is 33.7 Å². The number of benzene rings is 1. The van der Waals surface area contributed by atoms with E-state index in [4.69, 9.17) is 9.26 Å². The van der Waals surface area contributed by atoms with E-state index in [-0.39, 0.29) is 0 Å². The van der Waals surface area contributed by atoms with E-state index in [9.17, 15) is 14.4 Å². The van der Waals surface area contributed by atoms with Crippen LogP contribution < -0.4 is 10.6 Å². The van der Waals surface area contributed by atoms with Gasteiger partial charge in [0.15, 0.2) is 12.4 Å². The van der Waals surface area contributed by atoms with Crippen molar-refractivity contribution in [2.75, 3.05) is 13.2 Å². The van der Waals surface area contributed by atoms with E-state index >= 15 is 0 Å². The van der Waals surface area contributed by atoms with Gasteiger partial charge in [-0.3, -0.25) is 10.1 Å². The van der Waals surface area contributed by atoms with Gasteiger partial charge in [0.1, 0.15) is 0 Å². The summed E-state index contributed by atoms with van der Waals surface area (Å²) in [5, 5.41) is 8.37. The Bertz CT molecular complexity index is 824. The van der Waals surface area contributed by atoms with Crippen molar-refractivity contribution in [2.24, 2.45) is 0 Å². The fourth-order valence-electron chi connectivity index (χ4n) is 2.09. The highest BCUT2D eigenvalue weighted by molar-refractivity contribution is 7.98. The quantitative estimate of drug-likeness (QED) is 0.370. The number of unbranched alkanes of at least 4 members (excludes halogenated alkanes) is 1. The molecule has 2 aromatic rings. The lowest BCUT2D eigenvalue weighted by atomic mass is 10.2. The van der Waals surface area contributed by atoms with Gasteiger partial charge in [-0.1, -0.05) is 30.6 Å². The summed E-state index contributed by atoms with van der Waals surface area (Å²) in [7, 11) is 0. The fraction of sp³-hybridized carbons (Fsp3) is 0.389. The molecule has 0 radical (unpaired) electrons. The first-order valence-corrected chi connectivity index (χ1v) is 9.74. The minimum absolute atomic E-state index is 0.309. The summed E-state index contributed by atoms with van der Waals surface area (Å²) < 4.78 is 10.1. The molecule has 0 unspecified atom stereocenters. The van der Waals surface area contributed by atoms with Crippen LogP contribution in [0.25, 0.3) is 0 Å². The SMILES string of the molecule is CCCCNC(=O)NC(=O)COC(=O)c1ccccc1SCc1nc(C)no1. The number of carbonyl (C=O) groups excluding carboxylic acids is 3. The Hall–Kier alpha value is -2.88. The van der Waals surface area contributed by atoms with Gasteiger partial charge in [-0.25, -0.2) is 9.59 Å². The molecular formula is C18H22N4O5S. The minimum atomic E-state index is -0.700. The molecule has 150 valence electrons. The smallest absolute Gasteiger partial charge is 0.339 e. The van der Waals surface area contributed by atoms with Crippen molar-refractivity contribution in [1.82, 2.24) is 20.8 Å². The number of nitrogens with zero attached hydrogens (tertiary/aromatic N) is 2. The van der Waals surface area contributed by atoms with E-state index in [1.165, 1.54) is 11.8 Å². The zero-order valence-corrected chi connectivity index (χ0v) is 16.5. The number of aromatic nitrogens is 2. The second-order valence-corrected chi connectivity index (χ2v) is 6.77. The Kier molecular flexibility index (Phi) is 8.47. The molecule has 1 aromatic heterocycles. The second kappa shape index (κ2) is 11.1. The molecule has 0 spiro atoms. The number of carbonyl (C=O) groups is 3. The van der Waals surface area contributed by atoms with Gasteiger partial charge in [-0.15, -0.1) is 11.8 Å². The Morgan fingerprint density at radius 1 is 1.25 bits per heavy atom. The second-order valence-electron chi connectivity index (χ2n) is 5.75. The summed E-state index contributed by atoms with van der Waals surface area (Å²) in [5.74, 6) is 0.0103. The third kappa shape index (κ3) is 7.03. The van der Waals surface area contributed by atoms with E-state index in [0.29, 0.717) is 34.5 Å². The maximum atomic E-state index is 12.3. The third-order valence-electron chi connectivity index (χ3n) is 3.43. The average Bonchev–Trinajstić information content (AvgIpc) is 3.10. The van der Waals surface area contributed by atoms with E-state index in [1.54, 1.807) is 31.2 Å². The molecule has 28 heavy (non-hydrogen) atoms. The number of hydrogen-bond acceptors (Lipinski definition) is 8. The van der Waals surface area contributed by atoms with Crippen molar-refractivity contribution < 1.29 is 23.6 Å². The van der Waals surface area contributed by atoms with E-state index < -0.39 is 24.5 Å². The third-order valence-corrected chi connectivity index (χ3v) is 4.49. The molecule has 0 fully saturated rings. The summed E-state index contributed by atoms with van der Waals surface area (Å²) in [6.07, 6.45) is 1.74. The largest absolute Gasteiger partial charge is 0.452 e. The normalized spacial score (nSPS) is 10.4. The highest BCUT2D eigenvalue weighted by Crippen LogP contribution is 2.26. The van der Waals surface area contributed by atoms with Gasteiger partial charge in [0.05, 0.1) is 11.3 Å². The molecule has 9 nitrogen and oxygen atoms in total. The van der Waals surface area contributed by atoms with Gasteiger partial charge < -0.3 is 14.6 Å². The van der Waals surface area contributed by atoms with Gasteiger partial charge in [0, 0.05) is 11.4 Å². The summed E-state index contributed by atoms with van der Waals surface area (Å²) in [4.78, 5) is 40.3. The molecule has 10 heteroatoms. The topological polar surface area (TPSA) is 123 Å². The van der Waals surface area contributed by atoms with Crippen LogP contribution in [0.3, 0.4) is 0 Å². The van der Waals surface area contributed by atoms with Crippen molar-refractivity contribution in [3.05, 3.63) is 41.5 Å². The molecule has 0 saturated heterocycles. The molecule has 0 aliphatic carbocycles. The number of amides is 3. The highest BCUT2D eigenvalue weighted by Gasteiger charge is 2.16. The molecule has 2 rings (SSSR count). The maximum Gasteiger partial charge on any atom is 0.339 e. The van der Waals surface area contributed by atoms with Crippen LogP contribution in [-0.2, 0) is 15.3 Å². The predicted octanol–water partition coefficient (Wildman–Crippen LogP) is 2.45. The molecule has 1 heterocycles. The molecule has 0 bridgehead atoms. The Morgan fingerprint density at radius 2 is 2.04 bits per heavy atom. The first-order chi connectivity index (χ1) is 13.5. The van der Waals surface area contributed by atoms with Crippen LogP contribution in [0.1, 0.15) is 41.8 Å². The molecule has 0 saturated carbocycles. The summed E-state index contributed by atoms with van der Waals surface area (Å²) in [6.45, 7) is 3.63. The number of aryl methyl sites for hydroxylation is 1. The number of urea groups is 1. The molecule has 2 N–H and O–H groups in total. The molecule has 3 amide bonds. The monoisotopic (exact) mass is 406 g/mol. The van der Waals surface area contributed by atoms with Gasteiger partial charge in [-0.2, -0.15) is 4.98 Å². The number of nitrogens with one attached hydrogen (secondary N) is 2. The fourth-order valence-corrected chi connectivity index (χ4v) is 2.97. The summed E-state index contributed by atoms with van der Waals surface area (Å²) in [5.41, 5.74) is 0.309. The van der Waals surface area contributed by atoms with Gasteiger partial charge in [-0.05, 0) is 25.5 Å². The summed E-state index contributed by atoms with van der Waals surface area (Å²) in [6, 6.07) is 6.22. The zero-order chi connectivity index (χ0) is 20.4. The first kappa shape index (κ1) is 21.4. The number of imide groups is 1. The number of ether oxygens (including phenoxy) is 1. The van der Waals surface area contributed by atoms with E-state index in [1.807, 2.05) is 6.92 Å². The predicted molar refractivity (Wildman–Crippen MR) is 102 cm³/mol. The highest BCUT2D eigenvalue weighted by atomic mass is 32.2. The summed E-state index contributed by atoms with van der Waals surface area (Å²) >= 11 is 1.34. The van der Waals surface area contributed by atoms with Gasteiger partial charge in [0.2, 0.25) is 5.89 Å². The van der Waals surface area contributed by atoms with Gasteiger partial charge in [0.25, 0.3) is 5.91 Å². The number of esters is 1. The lowest BCUT2D eigenvalue weighted by Crippen LogP contribution is -2.41. The van der Waals surface area contributed by atoms with Crippen LogP contribution in [0.5, 0.6) is 0 Å². The average molecular weight is 406 g/mol. The van der Waals surface area contributed by atoms with Crippen molar-refractivity contribution in [3.8, 4) is 0 Å². The zero-order valence-electron chi connectivity index (χ0n) is 15.7. The number of thioether (sulfide) groups is 1. The Balaban J connectivity index is 1.84. The van der Waals surface area contributed by atoms with Crippen LogP contribution in [-0.4, -0.2) is 41.2 Å². The Labute approximate surface area is 166 Å². The van der Waals surface area contributed by atoms with Crippen LogP contribution >= 0.6 is 11.8 Å².